The number of rotatable bonds is 5. The first-order valence-corrected chi connectivity index (χ1v) is 12.3. The molecule has 2 amide bonds. The third-order valence-electron chi connectivity index (χ3n) is 7.66. The number of halogens is 1. The van der Waals surface area contributed by atoms with Crippen molar-refractivity contribution < 1.29 is 23.1 Å². The van der Waals surface area contributed by atoms with Crippen molar-refractivity contribution in [3.63, 3.8) is 0 Å². The van der Waals surface area contributed by atoms with Gasteiger partial charge in [-0.3, -0.25) is 14.4 Å². The Morgan fingerprint density at radius 3 is 2.45 bits per heavy atom. The number of ether oxygens (including phenoxy) is 1. The van der Waals surface area contributed by atoms with Gasteiger partial charge in [0.2, 0.25) is 5.76 Å². The van der Waals surface area contributed by atoms with Crippen LogP contribution in [-0.4, -0.2) is 37.0 Å². The van der Waals surface area contributed by atoms with Gasteiger partial charge >= 0.3 is 0 Å². The van der Waals surface area contributed by atoms with Crippen LogP contribution in [0.4, 0.5) is 10.1 Å². The summed E-state index contributed by atoms with van der Waals surface area (Å²) in [4.78, 5) is 45.5. The summed E-state index contributed by atoms with van der Waals surface area (Å²) in [5.74, 6) is -1.68. The topological polar surface area (TPSA) is 80.1 Å². The Balaban J connectivity index is 1.66. The molecule has 0 fully saturated rings. The number of benzene rings is 3. The van der Waals surface area contributed by atoms with Gasteiger partial charge in [-0.15, -0.1) is 0 Å². The number of para-hydroxylation sites is 1. The van der Waals surface area contributed by atoms with Gasteiger partial charge in [0.25, 0.3) is 11.8 Å². The van der Waals surface area contributed by atoms with E-state index in [-0.39, 0.29) is 36.6 Å². The molecule has 0 N–H and O–H groups in total. The zero-order chi connectivity index (χ0) is 26.8. The number of hydrogen-bond donors (Lipinski definition) is 0. The van der Waals surface area contributed by atoms with Gasteiger partial charge in [0, 0.05) is 24.8 Å². The minimum Gasteiger partial charge on any atom is -0.450 e. The summed E-state index contributed by atoms with van der Waals surface area (Å²) in [5.41, 5.74) is 1.17. The number of carbonyl (C=O) groups is 2. The summed E-state index contributed by atoms with van der Waals surface area (Å²) in [6, 6.07) is 16.7. The summed E-state index contributed by atoms with van der Waals surface area (Å²) in [6.45, 7) is 3.90. The van der Waals surface area contributed by atoms with Crippen molar-refractivity contribution in [2.75, 3.05) is 25.2 Å². The summed E-state index contributed by atoms with van der Waals surface area (Å²) in [5, 5.41) is 0.297. The first-order chi connectivity index (χ1) is 18.3. The van der Waals surface area contributed by atoms with Crippen molar-refractivity contribution in [1.29, 1.82) is 0 Å². The third-order valence-corrected chi connectivity index (χ3v) is 7.66. The lowest BCUT2D eigenvalue weighted by molar-refractivity contribution is -0.126. The van der Waals surface area contributed by atoms with E-state index < -0.39 is 28.6 Å². The minimum atomic E-state index is -1.76. The fraction of sp³-hybridized carbons (Fsp3) is 0.233. The Bertz CT molecular complexity index is 1710. The fourth-order valence-electron chi connectivity index (χ4n) is 5.68. The highest BCUT2D eigenvalue weighted by Gasteiger charge is 2.64. The number of methoxy groups -OCH3 is 1. The zero-order valence-corrected chi connectivity index (χ0v) is 21.2. The van der Waals surface area contributed by atoms with Gasteiger partial charge in [-0.25, -0.2) is 4.39 Å². The summed E-state index contributed by atoms with van der Waals surface area (Å²) >= 11 is 0. The molecular formula is C30H25FN2O5. The molecule has 3 heterocycles. The molecule has 1 unspecified atom stereocenters. The predicted molar refractivity (Wildman–Crippen MR) is 140 cm³/mol. The number of carbonyl (C=O) groups excluding carboxylic acids is 2. The second kappa shape index (κ2) is 8.63. The first-order valence-electron chi connectivity index (χ1n) is 12.3. The minimum absolute atomic E-state index is 0.0113. The zero-order valence-electron chi connectivity index (χ0n) is 21.2. The molecule has 0 bridgehead atoms. The smallest absolute Gasteiger partial charge is 0.291 e. The quantitative estimate of drug-likeness (QED) is 0.395. The Labute approximate surface area is 218 Å². The molecule has 8 heteroatoms. The number of amides is 2. The van der Waals surface area contributed by atoms with Crippen LogP contribution >= 0.6 is 0 Å². The molecule has 0 aliphatic carbocycles. The van der Waals surface area contributed by atoms with Gasteiger partial charge < -0.3 is 19.0 Å². The molecule has 192 valence electrons. The van der Waals surface area contributed by atoms with Crippen LogP contribution in [0.2, 0.25) is 0 Å². The van der Waals surface area contributed by atoms with Crippen LogP contribution in [0.5, 0.6) is 0 Å². The molecule has 1 spiro atoms. The summed E-state index contributed by atoms with van der Waals surface area (Å²) < 4.78 is 26.1. The molecule has 0 saturated heterocycles. The molecule has 6 rings (SSSR count). The summed E-state index contributed by atoms with van der Waals surface area (Å²) in [6.07, 6.45) is 0. The van der Waals surface area contributed by atoms with E-state index in [1.165, 1.54) is 23.0 Å². The molecular weight excluding hydrogens is 487 g/mol. The molecule has 1 aromatic heterocycles. The normalized spacial score (nSPS) is 18.1. The van der Waals surface area contributed by atoms with Gasteiger partial charge in [0.05, 0.1) is 29.8 Å². The van der Waals surface area contributed by atoms with Gasteiger partial charge in [0.1, 0.15) is 11.4 Å². The molecule has 2 aliphatic rings. The maximum absolute atomic E-state index is 14.7. The largest absolute Gasteiger partial charge is 0.450 e. The third kappa shape index (κ3) is 3.13. The maximum Gasteiger partial charge on any atom is 0.291 e. The van der Waals surface area contributed by atoms with Crippen LogP contribution in [0.1, 0.15) is 38.4 Å². The molecule has 1 atom stereocenters. The summed E-state index contributed by atoms with van der Waals surface area (Å²) in [7, 11) is 1.50. The van der Waals surface area contributed by atoms with Gasteiger partial charge in [-0.2, -0.15) is 0 Å². The Hall–Kier alpha value is -4.30. The molecule has 0 radical (unpaired) electrons. The lowest BCUT2D eigenvalue weighted by atomic mass is 9.84. The monoisotopic (exact) mass is 512 g/mol. The lowest BCUT2D eigenvalue weighted by Gasteiger charge is -2.34. The molecule has 3 aromatic carbocycles. The number of aryl methyl sites for hydroxylation is 2. The van der Waals surface area contributed by atoms with Crippen molar-refractivity contribution in [2.45, 2.75) is 25.9 Å². The SMILES string of the molecule is COCCN1C(=O)c2oc3cc(C)c(C)cc3c(=O)c2C12C(=O)N(Cc1ccccc1F)c1ccccc12. The number of nitrogens with zero attached hydrogens (tertiary/aromatic N) is 2. The molecule has 38 heavy (non-hydrogen) atoms. The van der Waals surface area contributed by atoms with E-state index in [1.54, 1.807) is 54.6 Å². The van der Waals surface area contributed by atoms with Crippen molar-refractivity contribution in [3.8, 4) is 0 Å². The van der Waals surface area contributed by atoms with E-state index in [4.69, 9.17) is 9.15 Å². The van der Waals surface area contributed by atoms with Crippen molar-refractivity contribution in [3.05, 3.63) is 110 Å². The van der Waals surface area contributed by atoms with Crippen molar-refractivity contribution in [2.24, 2.45) is 0 Å². The van der Waals surface area contributed by atoms with Gasteiger partial charge in [-0.1, -0.05) is 36.4 Å². The average molecular weight is 513 g/mol. The Morgan fingerprint density at radius 2 is 1.68 bits per heavy atom. The van der Waals surface area contributed by atoms with Gasteiger partial charge in [0.15, 0.2) is 11.0 Å². The predicted octanol–water partition coefficient (Wildman–Crippen LogP) is 4.44. The first kappa shape index (κ1) is 24.1. The van der Waals surface area contributed by atoms with E-state index in [2.05, 4.69) is 0 Å². The molecule has 2 aliphatic heterocycles. The van der Waals surface area contributed by atoms with Gasteiger partial charge in [-0.05, 0) is 49.2 Å². The second-order valence-electron chi connectivity index (χ2n) is 9.73. The number of hydrogen-bond acceptors (Lipinski definition) is 5. The van der Waals surface area contributed by atoms with Crippen molar-refractivity contribution in [1.82, 2.24) is 4.90 Å². The average Bonchev–Trinajstić information content (AvgIpc) is 3.30. The fourth-order valence-corrected chi connectivity index (χ4v) is 5.68. The van der Waals surface area contributed by atoms with Crippen LogP contribution in [0.3, 0.4) is 0 Å². The van der Waals surface area contributed by atoms with Crippen LogP contribution < -0.4 is 10.3 Å². The molecule has 0 saturated carbocycles. The lowest BCUT2D eigenvalue weighted by Crippen LogP contribution is -2.54. The van der Waals surface area contributed by atoms with E-state index in [0.717, 1.165) is 11.1 Å². The van der Waals surface area contributed by atoms with E-state index in [0.29, 0.717) is 22.2 Å². The number of anilines is 1. The van der Waals surface area contributed by atoms with Crippen LogP contribution in [0.15, 0.2) is 69.9 Å². The Morgan fingerprint density at radius 1 is 0.974 bits per heavy atom. The standard InChI is InChI=1S/C30H25FN2O5/c1-17-14-20-24(15-18(17)2)38-27-25(26(20)34)30(33(28(27)35)12-13-37-3)21-9-5-7-11-23(21)32(29(30)36)16-19-8-4-6-10-22(19)31/h4-11,14-15H,12-13,16H2,1-3H3. The maximum atomic E-state index is 14.7. The van der Waals surface area contributed by atoms with Crippen LogP contribution in [0.25, 0.3) is 11.0 Å². The van der Waals surface area contributed by atoms with Crippen LogP contribution in [-0.2, 0) is 21.6 Å². The molecule has 4 aromatic rings. The highest BCUT2D eigenvalue weighted by atomic mass is 19.1. The second-order valence-corrected chi connectivity index (χ2v) is 9.73. The van der Waals surface area contributed by atoms with E-state index in [1.807, 2.05) is 13.8 Å². The highest BCUT2D eigenvalue weighted by Crippen LogP contribution is 2.52. The van der Waals surface area contributed by atoms with Crippen LogP contribution in [0, 0.1) is 19.7 Å². The van der Waals surface area contributed by atoms with E-state index >= 15 is 0 Å². The highest BCUT2D eigenvalue weighted by molar-refractivity contribution is 6.17. The molecule has 7 nitrogen and oxygen atoms in total. The number of fused-ring (bicyclic) bond motifs is 5. The van der Waals surface area contributed by atoms with E-state index in [9.17, 15) is 18.8 Å². The Kier molecular flexibility index (Phi) is 5.47. The van der Waals surface area contributed by atoms with Crippen molar-refractivity contribution >= 4 is 28.5 Å².